The van der Waals surface area contributed by atoms with Gasteiger partial charge in [-0.05, 0) is 30.4 Å². The van der Waals surface area contributed by atoms with Crippen LogP contribution < -0.4 is 20.6 Å². The van der Waals surface area contributed by atoms with Crippen LogP contribution in [0.5, 0.6) is 0 Å². The minimum atomic E-state index is -1.35. The van der Waals surface area contributed by atoms with Gasteiger partial charge in [-0.3, -0.25) is 9.69 Å². The molecule has 0 saturated heterocycles. The molecular weight excluding hydrogens is 386 g/mol. The number of carboxylic acid groups (broad SMARTS) is 1. The number of hydrogen-bond acceptors (Lipinski definition) is 5. The molecule has 0 aliphatic carbocycles. The Kier molecular flexibility index (Phi) is 6.28. The van der Waals surface area contributed by atoms with Gasteiger partial charge < -0.3 is 25.1 Å². The van der Waals surface area contributed by atoms with Gasteiger partial charge in [0.15, 0.2) is 0 Å². The van der Waals surface area contributed by atoms with Gasteiger partial charge in [0.2, 0.25) is 11.9 Å². The van der Waals surface area contributed by atoms with Crippen molar-refractivity contribution in [2.45, 2.75) is 52.7 Å². The van der Waals surface area contributed by atoms with Crippen LogP contribution in [0.4, 0.5) is 10.7 Å². The highest BCUT2D eigenvalue weighted by atomic mass is 16.4. The number of benzene rings is 1. The van der Waals surface area contributed by atoms with E-state index < -0.39 is 30.0 Å². The van der Waals surface area contributed by atoms with E-state index in [0.717, 1.165) is 11.0 Å². The van der Waals surface area contributed by atoms with Crippen molar-refractivity contribution in [3.63, 3.8) is 0 Å². The third-order valence-corrected chi connectivity index (χ3v) is 5.21. The normalized spacial score (nSPS) is 15.3. The molecule has 1 aliphatic rings. The van der Waals surface area contributed by atoms with Crippen LogP contribution in [-0.4, -0.2) is 46.1 Å². The van der Waals surface area contributed by atoms with Crippen LogP contribution in [0.25, 0.3) is 11.0 Å². The third kappa shape index (κ3) is 4.39. The Balaban J connectivity index is 1.76. The van der Waals surface area contributed by atoms with Crippen molar-refractivity contribution in [3.8, 4) is 0 Å². The fourth-order valence-corrected chi connectivity index (χ4v) is 3.66. The number of imidazole rings is 1. The zero-order valence-corrected chi connectivity index (χ0v) is 17.7. The predicted octanol–water partition coefficient (Wildman–Crippen LogP) is 0.871. The van der Waals surface area contributed by atoms with Gasteiger partial charge in [0.05, 0.1) is 23.0 Å². The molecule has 0 radical (unpaired) electrons. The number of nitrogens with zero attached hydrogens (tertiary/aromatic N) is 3. The highest BCUT2D eigenvalue weighted by molar-refractivity contribution is 5.97. The molecule has 0 saturated carbocycles. The standard InChI is InChI=1S/C21H29N5O4/c1-12(2)11-15(18(27)24-17(13(3)4)19(28)29)23-21(30)26-10-9-25-16-8-6-5-7-14(16)22-20(25)26/h5-8,12-13,15,17H,9-11H2,1-4H3,(H,23,30)(H,24,27)(H,28,29)/p-1/t15-,17+/m0/s1. The molecule has 162 valence electrons. The maximum atomic E-state index is 13.0. The van der Waals surface area contributed by atoms with Crippen molar-refractivity contribution in [2.24, 2.45) is 11.8 Å². The van der Waals surface area contributed by atoms with E-state index in [4.69, 9.17) is 0 Å². The van der Waals surface area contributed by atoms with Gasteiger partial charge >= 0.3 is 6.03 Å². The number of rotatable bonds is 7. The molecule has 0 fully saturated rings. The summed E-state index contributed by atoms with van der Waals surface area (Å²) >= 11 is 0. The van der Waals surface area contributed by atoms with Crippen LogP contribution in [0.3, 0.4) is 0 Å². The van der Waals surface area contributed by atoms with Crippen molar-refractivity contribution in [3.05, 3.63) is 24.3 Å². The Morgan fingerprint density at radius 2 is 1.80 bits per heavy atom. The summed E-state index contributed by atoms with van der Waals surface area (Å²) < 4.78 is 1.97. The van der Waals surface area contributed by atoms with Gasteiger partial charge in [-0.15, -0.1) is 0 Å². The number of carboxylic acids is 1. The zero-order chi connectivity index (χ0) is 22.0. The number of nitrogens with one attached hydrogen (secondary N) is 2. The summed E-state index contributed by atoms with van der Waals surface area (Å²) in [5, 5.41) is 16.6. The Labute approximate surface area is 175 Å². The maximum Gasteiger partial charge on any atom is 0.324 e. The molecule has 3 rings (SSSR count). The predicted molar refractivity (Wildman–Crippen MR) is 111 cm³/mol. The minimum Gasteiger partial charge on any atom is -0.548 e. The fraction of sp³-hybridized carbons (Fsp3) is 0.524. The summed E-state index contributed by atoms with van der Waals surface area (Å²) in [6, 6.07) is 5.23. The molecule has 2 heterocycles. The number of para-hydroxylation sites is 2. The number of aliphatic carboxylic acids is 1. The molecular formula is C21H28N5O4-. The average molecular weight is 414 g/mol. The van der Waals surface area contributed by atoms with E-state index in [0.29, 0.717) is 25.5 Å². The number of anilines is 1. The number of urea groups is 1. The largest absolute Gasteiger partial charge is 0.548 e. The summed E-state index contributed by atoms with van der Waals surface area (Å²) in [5.41, 5.74) is 1.75. The molecule has 1 aliphatic heterocycles. The first-order chi connectivity index (χ1) is 14.2. The smallest absolute Gasteiger partial charge is 0.324 e. The van der Waals surface area contributed by atoms with E-state index in [1.54, 1.807) is 13.8 Å². The summed E-state index contributed by atoms with van der Waals surface area (Å²) in [6.45, 7) is 8.30. The topological polar surface area (TPSA) is 119 Å². The van der Waals surface area contributed by atoms with Gasteiger partial charge in [0.25, 0.3) is 0 Å². The molecule has 9 nitrogen and oxygen atoms in total. The summed E-state index contributed by atoms with van der Waals surface area (Å²) in [7, 11) is 0. The monoisotopic (exact) mass is 414 g/mol. The second kappa shape index (κ2) is 8.73. The van der Waals surface area contributed by atoms with E-state index >= 15 is 0 Å². The second-order valence-electron chi connectivity index (χ2n) is 8.38. The molecule has 2 N–H and O–H groups in total. The molecule has 0 unspecified atom stereocenters. The first-order valence-corrected chi connectivity index (χ1v) is 10.2. The first-order valence-electron chi connectivity index (χ1n) is 10.2. The second-order valence-corrected chi connectivity index (χ2v) is 8.38. The summed E-state index contributed by atoms with van der Waals surface area (Å²) in [5.74, 6) is -1.57. The van der Waals surface area contributed by atoms with E-state index in [2.05, 4.69) is 15.6 Å². The molecule has 2 atom stereocenters. The van der Waals surface area contributed by atoms with Gasteiger partial charge in [-0.1, -0.05) is 39.8 Å². The van der Waals surface area contributed by atoms with Crippen molar-refractivity contribution in [1.82, 2.24) is 20.2 Å². The van der Waals surface area contributed by atoms with Crippen molar-refractivity contribution in [2.75, 3.05) is 11.4 Å². The van der Waals surface area contributed by atoms with E-state index in [9.17, 15) is 19.5 Å². The molecule has 2 aromatic rings. The van der Waals surface area contributed by atoms with Gasteiger partial charge in [0.1, 0.15) is 6.04 Å². The lowest BCUT2D eigenvalue weighted by Crippen LogP contribution is -2.57. The molecule has 0 spiro atoms. The van der Waals surface area contributed by atoms with E-state index in [-0.39, 0.29) is 11.8 Å². The Morgan fingerprint density at radius 3 is 2.43 bits per heavy atom. The highest BCUT2D eigenvalue weighted by Gasteiger charge is 2.32. The molecule has 3 amide bonds. The Hall–Kier alpha value is -3.10. The SMILES string of the molecule is CC(C)C[C@H](NC(=O)N1CCn2c1nc1ccccc12)C(=O)N[C@@H](C(=O)[O-])C(C)C. The van der Waals surface area contributed by atoms with Crippen molar-refractivity contribution >= 4 is 34.9 Å². The maximum absolute atomic E-state index is 13.0. The molecule has 1 aromatic carbocycles. The van der Waals surface area contributed by atoms with Gasteiger partial charge in [-0.25, -0.2) is 9.78 Å². The van der Waals surface area contributed by atoms with Crippen LogP contribution in [-0.2, 0) is 16.1 Å². The molecule has 0 bridgehead atoms. The lowest BCUT2D eigenvalue weighted by atomic mass is 10.0. The summed E-state index contributed by atoms with van der Waals surface area (Å²) in [4.78, 5) is 43.2. The zero-order valence-electron chi connectivity index (χ0n) is 17.7. The van der Waals surface area contributed by atoms with Gasteiger partial charge in [0, 0.05) is 13.1 Å². The van der Waals surface area contributed by atoms with Gasteiger partial charge in [-0.2, -0.15) is 0 Å². The number of carbonyl (C=O) groups excluding carboxylic acids is 3. The van der Waals surface area contributed by atoms with Crippen LogP contribution in [0, 0.1) is 11.8 Å². The minimum absolute atomic E-state index is 0.115. The van der Waals surface area contributed by atoms with Crippen LogP contribution in [0.2, 0.25) is 0 Å². The Bertz CT molecular complexity index is 952. The number of hydrogen-bond donors (Lipinski definition) is 2. The molecule has 9 heteroatoms. The highest BCUT2D eigenvalue weighted by Crippen LogP contribution is 2.27. The van der Waals surface area contributed by atoms with Crippen LogP contribution in [0.1, 0.15) is 34.1 Å². The van der Waals surface area contributed by atoms with E-state index in [1.165, 1.54) is 4.90 Å². The van der Waals surface area contributed by atoms with Crippen LogP contribution >= 0.6 is 0 Å². The lowest BCUT2D eigenvalue weighted by molar-refractivity contribution is -0.309. The average Bonchev–Trinajstić information content (AvgIpc) is 3.23. The number of aromatic nitrogens is 2. The lowest BCUT2D eigenvalue weighted by Gasteiger charge is -2.28. The summed E-state index contributed by atoms with van der Waals surface area (Å²) in [6.07, 6.45) is 0.375. The molecule has 30 heavy (non-hydrogen) atoms. The quantitative estimate of drug-likeness (QED) is 0.697. The van der Waals surface area contributed by atoms with E-state index in [1.807, 2.05) is 42.7 Å². The fourth-order valence-electron chi connectivity index (χ4n) is 3.66. The van der Waals surface area contributed by atoms with Crippen molar-refractivity contribution in [1.29, 1.82) is 0 Å². The number of fused-ring (bicyclic) bond motifs is 3. The third-order valence-electron chi connectivity index (χ3n) is 5.21. The Morgan fingerprint density at radius 1 is 1.10 bits per heavy atom. The molecule has 1 aromatic heterocycles. The number of carbonyl (C=O) groups is 3. The van der Waals surface area contributed by atoms with Crippen molar-refractivity contribution < 1.29 is 19.5 Å². The number of amides is 3. The first kappa shape index (κ1) is 21.6. The van der Waals surface area contributed by atoms with Crippen LogP contribution in [0.15, 0.2) is 24.3 Å².